The van der Waals surface area contributed by atoms with E-state index in [4.69, 9.17) is 0 Å². The summed E-state index contributed by atoms with van der Waals surface area (Å²) in [5, 5.41) is 1.29. The SMILES string of the molecule is CC1(C)CCCC(c2ncc(-c3cccc(Br)n3)s2)C1. The van der Waals surface area contributed by atoms with Gasteiger partial charge in [-0.25, -0.2) is 9.97 Å². The van der Waals surface area contributed by atoms with E-state index in [2.05, 4.69) is 39.7 Å². The van der Waals surface area contributed by atoms with Crippen LogP contribution in [-0.2, 0) is 0 Å². The van der Waals surface area contributed by atoms with Gasteiger partial charge in [-0.1, -0.05) is 26.3 Å². The monoisotopic (exact) mass is 350 g/mol. The Hall–Kier alpha value is -0.740. The molecule has 2 heterocycles. The Morgan fingerprint density at radius 2 is 2.20 bits per heavy atom. The summed E-state index contributed by atoms with van der Waals surface area (Å²) in [5.41, 5.74) is 1.47. The van der Waals surface area contributed by atoms with Crippen molar-refractivity contribution in [2.45, 2.75) is 45.4 Å². The van der Waals surface area contributed by atoms with Gasteiger partial charge in [-0.15, -0.1) is 11.3 Å². The van der Waals surface area contributed by atoms with Crippen molar-refractivity contribution in [3.63, 3.8) is 0 Å². The Bertz CT molecular complexity index is 606. The zero-order valence-corrected chi connectivity index (χ0v) is 14.3. The maximum absolute atomic E-state index is 4.67. The van der Waals surface area contributed by atoms with E-state index in [0.29, 0.717) is 11.3 Å². The lowest BCUT2D eigenvalue weighted by Gasteiger charge is -2.34. The molecular formula is C16H19BrN2S. The second kappa shape index (κ2) is 5.57. The molecule has 1 saturated carbocycles. The van der Waals surface area contributed by atoms with Crippen LogP contribution in [0.1, 0.15) is 50.5 Å². The van der Waals surface area contributed by atoms with Gasteiger partial charge in [0, 0.05) is 12.1 Å². The first-order valence-corrected chi connectivity index (χ1v) is 8.73. The molecule has 2 aromatic heterocycles. The van der Waals surface area contributed by atoms with Gasteiger partial charge in [-0.2, -0.15) is 0 Å². The minimum atomic E-state index is 0.461. The summed E-state index contributed by atoms with van der Waals surface area (Å²) in [6.45, 7) is 4.76. The molecule has 1 aliphatic carbocycles. The van der Waals surface area contributed by atoms with Crippen molar-refractivity contribution in [1.82, 2.24) is 9.97 Å². The normalized spacial score (nSPS) is 21.9. The number of pyridine rings is 1. The van der Waals surface area contributed by atoms with Crippen LogP contribution in [0.4, 0.5) is 0 Å². The zero-order chi connectivity index (χ0) is 14.2. The lowest BCUT2D eigenvalue weighted by Crippen LogP contribution is -2.21. The molecule has 2 aromatic rings. The molecule has 0 amide bonds. The maximum Gasteiger partial charge on any atom is 0.106 e. The molecule has 1 aliphatic rings. The van der Waals surface area contributed by atoms with E-state index >= 15 is 0 Å². The van der Waals surface area contributed by atoms with Crippen LogP contribution in [0.3, 0.4) is 0 Å². The number of hydrogen-bond donors (Lipinski definition) is 0. The molecular weight excluding hydrogens is 332 g/mol. The van der Waals surface area contributed by atoms with E-state index in [1.807, 2.05) is 35.7 Å². The molecule has 0 saturated heterocycles. The largest absolute Gasteiger partial charge is 0.249 e. The van der Waals surface area contributed by atoms with Crippen molar-refractivity contribution in [3.8, 4) is 10.6 Å². The Labute approximate surface area is 132 Å². The van der Waals surface area contributed by atoms with Crippen molar-refractivity contribution in [2.24, 2.45) is 5.41 Å². The quantitative estimate of drug-likeness (QED) is 0.653. The van der Waals surface area contributed by atoms with Crippen molar-refractivity contribution in [2.75, 3.05) is 0 Å². The highest BCUT2D eigenvalue weighted by atomic mass is 79.9. The number of nitrogens with zero attached hydrogens (tertiary/aromatic N) is 2. The van der Waals surface area contributed by atoms with E-state index in [1.54, 1.807) is 0 Å². The van der Waals surface area contributed by atoms with Crippen LogP contribution in [0.5, 0.6) is 0 Å². The molecule has 0 spiro atoms. The first-order chi connectivity index (χ1) is 9.53. The first kappa shape index (κ1) is 14.2. The van der Waals surface area contributed by atoms with Gasteiger partial charge >= 0.3 is 0 Å². The summed E-state index contributed by atoms with van der Waals surface area (Å²) in [7, 11) is 0. The average Bonchev–Trinajstić information content (AvgIpc) is 2.87. The fourth-order valence-electron chi connectivity index (χ4n) is 3.05. The molecule has 2 nitrogen and oxygen atoms in total. The zero-order valence-electron chi connectivity index (χ0n) is 11.9. The minimum absolute atomic E-state index is 0.461. The second-order valence-corrected chi connectivity index (χ2v) is 8.24. The highest BCUT2D eigenvalue weighted by molar-refractivity contribution is 9.10. The third-order valence-electron chi connectivity index (χ3n) is 4.05. The van der Waals surface area contributed by atoms with Gasteiger partial charge in [-0.05, 0) is 52.7 Å². The van der Waals surface area contributed by atoms with Crippen LogP contribution in [0.2, 0.25) is 0 Å². The molecule has 20 heavy (non-hydrogen) atoms. The summed E-state index contributed by atoms with van der Waals surface area (Å²) in [5.74, 6) is 0.629. The number of rotatable bonds is 2. The van der Waals surface area contributed by atoms with E-state index in [-0.39, 0.29) is 0 Å². The second-order valence-electron chi connectivity index (χ2n) is 6.37. The van der Waals surface area contributed by atoms with Gasteiger partial charge in [0.15, 0.2) is 0 Å². The molecule has 1 unspecified atom stereocenters. The van der Waals surface area contributed by atoms with Gasteiger partial charge in [0.1, 0.15) is 4.60 Å². The fraction of sp³-hybridized carbons (Fsp3) is 0.500. The van der Waals surface area contributed by atoms with E-state index in [0.717, 1.165) is 10.3 Å². The lowest BCUT2D eigenvalue weighted by molar-refractivity contribution is 0.219. The van der Waals surface area contributed by atoms with Gasteiger partial charge in [0.05, 0.1) is 15.6 Å². The highest BCUT2D eigenvalue weighted by Gasteiger charge is 2.30. The Morgan fingerprint density at radius 1 is 1.35 bits per heavy atom. The predicted molar refractivity (Wildman–Crippen MR) is 88.0 cm³/mol. The van der Waals surface area contributed by atoms with Crippen molar-refractivity contribution < 1.29 is 0 Å². The van der Waals surface area contributed by atoms with Crippen molar-refractivity contribution in [3.05, 3.63) is 34.0 Å². The number of thiazole rings is 1. The van der Waals surface area contributed by atoms with Crippen LogP contribution < -0.4 is 0 Å². The summed E-state index contributed by atoms with van der Waals surface area (Å²) in [6, 6.07) is 6.03. The Kier molecular flexibility index (Phi) is 3.95. The molecule has 0 aliphatic heterocycles. The molecule has 1 fully saturated rings. The van der Waals surface area contributed by atoms with Crippen LogP contribution in [-0.4, -0.2) is 9.97 Å². The third-order valence-corrected chi connectivity index (χ3v) is 5.67. The average molecular weight is 351 g/mol. The molecule has 4 heteroatoms. The van der Waals surface area contributed by atoms with Crippen LogP contribution in [0.15, 0.2) is 29.0 Å². The molecule has 0 N–H and O–H groups in total. The van der Waals surface area contributed by atoms with E-state index in [1.165, 1.54) is 35.6 Å². The lowest BCUT2D eigenvalue weighted by atomic mass is 9.72. The van der Waals surface area contributed by atoms with Gasteiger partial charge in [0.2, 0.25) is 0 Å². The fourth-order valence-corrected chi connectivity index (χ4v) is 4.42. The molecule has 0 bridgehead atoms. The maximum atomic E-state index is 4.67. The van der Waals surface area contributed by atoms with Gasteiger partial charge < -0.3 is 0 Å². The van der Waals surface area contributed by atoms with Crippen LogP contribution in [0.25, 0.3) is 10.6 Å². The number of hydrogen-bond acceptors (Lipinski definition) is 3. The topological polar surface area (TPSA) is 25.8 Å². The molecule has 106 valence electrons. The molecule has 1 atom stereocenters. The Morgan fingerprint density at radius 3 is 2.95 bits per heavy atom. The highest BCUT2D eigenvalue weighted by Crippen LogP contribution is 2.44. The minimum Gasteiger partial charge on any atom is -0.249 e. The Balaban J connectivity index is 1.83. The van der Waals surface area contributed by atoms with E-state index < -0.39 is 0 Å². The third kappa shape index (κ3) is 3.12. The number of aromatic nitrogens is 2. The van der Waals surface area contributed by atoms with Crippen molar-refractivity contribution >= 4 is 27.3 Å². The van der Waals surface area contributed by atoms with Crippen molar-refractivity contribution in [1.29, 1.82) is 0 Å². The predicted octanol–water partition coefficient (Wildman–Crippen LogP) is 5.65. The van der Waals surface area contributed by atoms with Crippen LogP contribution >= 0.6 is 27.3 Å². The van der Waals surface area contributed by atoms with Crippen LogP contribution in [0, 0.1) is 5.41 Å². The number of halogens is 1. The molecule has 3 rings (SSSR count). The molecule has 0 aromatic carbocycles. The summed E-state index contributed by atoms with van der Waals surface area (Å²) in [6.07, 6.45) is 7.18. The van der Waals surface area contributed by atoms with Gasteiger partial charge in [0.25, 0.3) is 0 Å². The summed E-state index contributed by atoms with van der Waals surface area (Å²) < 4.78 is 0.878. The molecule has 0 radical (unpaired) electrons. The first-order valence-electron chi connectivity index (χ1n) is 7.12. The summed E-state index contributed by atoms with van der Waals surface area (Å²) in [4.78, 5) is 10.4. The summed E-state index contributed by atoms with van der Waals surface area (Å²) >= 11 is 5.24. The standard InChI is InChI=1S/C16H19BrN2S/c1-16(2)8-4-5-11(9-16)15-18-10-13(20-15)12-6-3-7-14(17)19-12/h3,6-7,10-11H,4-5,8-9H2,1-2H3. The smallest absolute Gasteiger partial charge is 0.106 e. The van der Waals surface area contributed by atoms with Gasteiger partial charge in [-0.3, -0.25) is 0 Å². The van der Waals surface area contributed by atoms with E-state index in [9.17, 15) is 0 Å².